The molecule has 0 bridgehead atoms. The van der Waals surface area contributed by atoms with Crippen LogP contribution in [0.2, 0.25) is 0 Å². The summed E-state index contributed by atoms with van der Waals surface area (Å²) in [5.41, 5.74) is 8.26. The van der Waals surface area contributed by atoms with E-state index in [9.17, 15) is 0 Å². The molecule has 2 heteroatoms. The van der Waals surface area contributed by atoms with Crippen molar-refractivity contribution in [3.8, 4) is 22.3 Å². The molecule has 0 aliphatic rings. The second kappa shape index (κ2) is 12.4. The van der Waals surface area contributed by atoms with Crippen molar-refractivity contribution in [1.29, 1.82) is 0 Å². The van der Waals surface area contributed by atoms with Crippen molar-refractivity contribution in [1.82, 2.24) is 0 Å². The van der Waals surface area contributed by atoms with Crippen LogP contribution in [-0.4, -0.2) is 0 Å². The fourth-order valence-corrected chi connectivity index (χ4v) is 9.57. The minimum atomic E-state index is 1.12. The Labute approximate surface area is 317 Å². The number of rotatable bonds is 5. The van der Waals surface area contributed by atoms with Crippen LogP contribution in [0, 0.1) is 0 Å². The topological polar surface area (TPSA) is 3.24 Å². The highest BCUT2D eigenvalue weighted by Gasteiger charge is 2.18. The summed E-state index contributed by atoms with van der Waals surface area (Å²) in [6, 6.07) is 73.6. The predicted octanol–water partition coefficient (Wildman–Crippen LogP) is 15.5. The molecule has 0 aliphatic heterocycles. The maximum atomic E-state index is 2.42. The van der Waals surface area contributed by atoms with Gasteiger partial charge in [-0.05, 0) is 120 Å². The second-order valence-corrected chi connectivity index (χ2v) is 15.2. The molecule has 0 amide bonds. The van der Waals surface area contributed by atoms with Gasteiger partial charge in [-0.2, -0.15) is 0 Å². The monoisotopic (exact) mass is 703 g/mol. The summed E-state index contributed by atoms with van der Waals surface area (Å²) in [6.45, 7) is 0. The molecule has 0 saturated heterocycles. The van der Waals surface area contributed by atoms with Crippen molar-refractivity contribution in [3.05, 3.63) is 200 Å². The van der Waals surface area contributed by atoms with Gasteiger partial charge < -0.3 is 4.90 Å². The normalized spacial score (nSPS) is 11.7. The Hall–Kier alpha value is -6.74. The summed E-state index contributed by atoms with van der Waals surface area (Å²) in [7, 11) is 0. The molecule has 54 heavy (non-hydrogen) atoms. The fourth-order valence-electron chi connectivity index (χ4n) is 8.48. The molecule has 0 fully saturated rings. The van der Waals surface area contributed by atoms with E-state index in [2.05, 4.69) is 205 Å². The highest BCUT2D eigenvalue weighted by Crippen LogP contribution is 2.44. The molecule has 10 aromatic carbocycles. The highest BCUT2D eigenvalue weighted by molar-refractivity contribution is 7.25. The van der Waals surface area contributed by atoms with Crippen LogP contribution < -0.4 is 4.90 Å². The van der Waals surface area contributed by atoms with Crippen LogP contribution in [0.1, 0.15) is 0 Å². The summed E-state index contributed by atoms with van der Waals surface area (Å²) in [4.78, 5) is 2.42. The van der Waals surface area contributed by atoms with Crippen LogP contribution in [0.3, 0.4) is 0 Å². The van der Waals surface area contributed by atoms with Gasteiger partial charge in [-0.15, -0.1) is 11.3 Å². The van der Waals surface area contributed by atoms with Crippen LogP contribution in [0.4, 0.5) is 17.1 Å². The number of hydrogen-bond acceptors (Lipinski definition) is 2. The van der Waals surface area contributed by atoms with Crippen LogP contribution in [0.5, 0.6) is 0 Å². The number of nitrogens with zero attached hydrogens (tertiary/aromatic N) is 1. The predicted molar refractivity (Wildman–Crippen MR) is 235 cm³/mol. The molecule has 0 unspecified atom stereocenters. The van der Waals surface area contributed by atoms with Crippen molar-refractivity contribution in [2.75, 3.05) is 4.90 Å². The summed E-state index contributed by atoms with van der Waals surface area (Å²) in [5, 5.41) is 12.8. The molecule has 0 aliphatic carbocycles. The third-order valence-corrected chi connectivity index (χ3v) is 12.2. The first-order valence-electron chi connectivity index (χ1n) is 18.5. The van der Waals surface area contributed by atoms with Crippen LogP contribution in [-0.2, 0) is 0 Å². The van der Waals surface area contributed by atoms with Crippen molar-refractivity contribution < 1.29 is 0 Å². The molecule has 11 aromatic rings. The molecular formula is C52H33NS. The van der Waals surface area contributed by atoms with Gasteiger partial charge in [-0.3, -0.25) is 0 Å². The van der Waals surface area contributed by atoms with E-state index in [1.54, 1.807) is 0 Å². The first kappa shape index (κ1) is 30.8. The lowest BCUT2D eigenvalue weighted by Gasteiger charge is -2.26. The van der Waals surface area contributed by atoms with E-state index >= 15 is 0 Å². The molecule has 0 atom stereocenters. The highest BCUT2D eigenvalue weighted by atomic mass is 32.1. The van der Waals surface area contributed by atoms with Crippen LogP contribution >= 0.6 is 11.3 Å². The molecule has 1 heterocycles. The van der Waals surface area contributed by atoms with Gasteiger partial charge in [0.2, 0.25) is 0 Å². The van der Waals surface area contributed by atoms with Crippen molar-refractivity contribution >= 4 is 91.7 Å². The average Bonchev–Trinajstić information content (AvgIpc) is 3.62. The van der Waals surface area contributed by atoms with E-state index in [1.807, 2.05) is 11.3 Å². The first-order chi connectivity index (χ1) is 26.8. The third kappa shape index (κ3) is 4.99. The molecule has 0 N–H and O–H groups in total. The second-order valence-electron chi connectivity index (χ2n) is 14.1. The van der Waals surface area contributed by atoms with Gasteiger partial charge in [0, 0.05) is 37.2 Å². The maximum absolute atomic E-state index is 2.42. The Morgan fingerprint density at radius 2 is 0.796 bits per heavy atom. The molecule has 252 valence electrons. The summed E-state index contributed by atoms with van der Waals surface area (Å²) in [6.07, 6.45) is 0. The van der Waals surface area contributed by atoms with Gasteiger partial charge in [0.05, 0.1) is 0 Å². The Bertz CT molecular complexity index is 3190. The van der Waals surface area contributed by atoms with E-state index in [-0.39, 0.29) is 0 Å². The molecule has 0 saturated carbocycles. The van der Waals surface area contributed by atoms with Gasteiger partial charge in [0.25, 0.3) is 0 Å². The fraction of sp³-hybridized carbons (Fsp3) is 0. The lowest BCUT2D eigenvalue weighted by atomic mass is 9.94. The zero-order valence-electron chi connectivity index (χ0n) is 29.4. The van der Waals surface area contributed by atoms with Crippen LogP contribution in [0.15, 0.2) is 200 Å². The third-order valence-electron chi connectivity index (χ3n) is 11.0. The van der Waals surface area contributed by atoms with Gasteiger partial charge in [0.15, 0.2) is 0 Å². The Balaban J connectivity index is 1.07. The zero-order valence-corrected chi connectivity index (χ0v) is 30.2. The molecule has 1 aromatic heterocycles. The van der Waals surface area contributed by atoms with Gasteiger partial charge in [-0.25, -0.2) is 0 Å². The Morgan fingerprint density at radius 3 is 1.56 bits per heavy atom. The van der Waals surface area contributed by atoms with E-state index in [4.69, 9.17) is 0 Å². The van der Waals surface area contributed by atoms with Crippen LogP contribution in [0.25, 0.3) is 85.5 Å². The largest absolute Gasteiger partial charge is 0.310 e. The van der Waals surface area contributed by atoms with Gasteiger partial charge in [0.1, 0.15) is 0 Å². The number of benzene rings is 10. The average molecular weight is 704 g/mol. The molecule has 0 spiro atoms. The lowest BCUT2D eigenvalue weighted by Crippen LogP contribution is -2.09. The minimum Gasteiger partial charge on any atom is -0.310 e. The van der Waals surface area contributed by atoms with Gasteiger partial charge in [-0.1, -0.05) is 146 Å². The van der Waals surface area contributed by atoms with E-state index < -0.39 is 0 Å². The van der Waals surface area contributed by atoms with Crippen molar-refractivity contribution in [2.45, 2.75) is 0 Å². The van der Waals surface area contributed by atoms with E-state index in [0.717, 1.165) is 17.1 Å². The summed E-state index contributed by atoms with van der Waals surface area (Å²) >= 11 is 1.86. The molecular weight excluding hydrogens is 671 g/mol. The summed E-state index contributed by atoms with van der Waals surface area (Å²) in [5.74, 6) is 0. The molecule has 0 radical (unpaired) electrons. The van der Waals surface area contributed by atoms with E-state index in [0.29, 0.717) is 0 Å². The quantitative estimate of drug-likeness (QED) is 0.161. The number of fused-ring (bicyclic) bond motifs is 10. The SMILES string of the molecule is c1cc(-c2ccc(N(c3ccc4sc5ccccc5c4c3)c3ccc4c5ccccc5c5ccccc5c4c3)cc2)cc(-c2cccc3ccccc23)c1. The number of thiophene rings is 1. The standard InChI is InChI=1S/C52H33NS/c1-2-15-41-35(11-1)12-10-21-42(41)37-14-9-13-36(31-37)34-23-25-38(26-24-34)53(40-28-30-52-50(33-40)48-20-7-8-22-51(48)54-52)39-27-29-47-45-18-4-3-16-43(45)44-17-5-6-19-46(44)49(47)32-39/h1-33H. The number of hydrogen-bond donors (Lipinski definition) is 0. The van der Waals surface area contributed by atoms with Crippen molar-refractivity contribution in [2.24, 2.45) is 0 Å². The maximum Gasteiger partial charge on any atom is 0.0468 e. The molecule has 1 nitrogen and oxygen atoms in total. The summed E-state index contributed by atoms with van der Waals surface area (Å²) < 4.78 is 2.62. The Morgan fingerprint density at radius 1 is 0.278 bits per heavy atom. The minimum absolute atomic E-state index is 1.12. The Kier molecular flexibility index (Phi) is 7.11. The van der Waals surface area contributed by atoms with Gasteiger partial charge >= 0.3 is 0 Å². The lowest BCUT2D eigenvalue weighted by molar-refractivity contribution is 1.30. The first-order valence-corrected chi connectivity index (χ1v) is 19.3. The molecule has 11 rings (SSSR count). The number of anilines is 3. The van der Waals surface area contributed by atoms with E-state index in [1.165, 1.54) is 85.5 Å². The smallest absolute Gasteiger partial charge is 0.0468 e. The van der Waals surface area contributed by atoms with Crippen molar-refractivity contribution in [3.63, 3.8) is 0 Å². The zero-order chi connectivity index (χ0) is 35.6.